The number of nitrogens with one attached hydrogen (secondary N) is 1. The van der Waals surface area contributed by atoms with Gasteiger partial charge in [-0.2, -0.15) is 0 Å². The number of ether oxygens (including phenoxy) is 3. The van der Waals surface area contributed by atoms with Gasteiger partial charge in [-0.1, -0.05) is 53.4 Å². The third-order valence-corrected chi connectivity index (χ3v) is 4.88. The summed E-state index contributed by atoms with van der Waals surface area (Å²) in [6.45, 7) is 13.3. The maximum Gasteiger partial charge on any atom is 0.407 e. The topological polar surface area (TPSA) is 128 Å². The van der Waals surface area contributed by atoms with Crippen LogP contribution in [0.1, 0.15) is 113 Å². The normalized spacial score (nSPS) is 10.9. The van der Waals surface area contributed by atoms with E-state index in [-0.39, 0.29) is 31.0 Å². The summed E-state index contributed by atoms with van der Waals surface area (Å²) in [4.78, 5) is 45.3. The van der Waals surface area contributed by atoms with Crippen LogP contribution in [0, 0.1) is 11.8 Å². The minimum atomic E-state index is -0.635. The minimum absolute atomic E-state index is 0.102. The van der Waals surface area contributed by atoms with E-state index in [1.165, 1.54) is 0 Å². The lowest BCUT2D eigenvalue weighted by atomic mass is 9.99. The van der Waals surface area contributed by atoms with Crippen molar-refractivity contribution in [1.82, 2.24) is 5.32 Å². The lowest BCUT2D eigenvalue weighted by Gasteiger charge is -2.19. The smallest absolute Gasteiger partial charge is 0.407 e. The zero-order chi connectivity index (χ0) is 27.3. The fourth-order valence-corrected chi connectivity index (χ4v) is 3.25. The molecule has 0 rings (SSSR count). The van der Waals surface area contributed by atoms with E-state index in [1.54, 1.807) is 20.8 Å². The van der Waals surface area contributed by atoms with Crippen molar-refractivity contribution in [3.05, 3.63) is 0 Å². The first-order chi connectivity index (χ1) is 16.4. The number of hydrogen-bond acceptors (Lipinski definition) is 7. The van der Waals surface area contributed by atoms with Gasteiger partial charge in [-0.3, -0.25) is 14.4 Å². The zero-order valence-electron chi connectivity index (χ0n) is 22.9. The molecule has 0 saturated heterocycles. The summed E-state index contributed by atoms with van der Waals surface area (Å²) in [5, 5.41) is 11.2. The van der Waals surface area contributed by atoms with Crippen molar-refractivity contribution in [2.24, 2.45) is 11.8 Å². The van der Waals surface area contributed by atoms with Crippen LogP contribution in [0.25, 0.3) is 0 Å². The Morgan fingerprint density at radius 2 is 1.29 bits per heavy atom. The SMILES string of the molecule is CCCC(CCC)C(=O)O.CCCC(CCC)C(=O)OCOC(=O)CCCNC(=O)OC(C)(C)C. The molecule has 0 aromatic carbocycles. The van der Waals surface area contributed by atoms with Gasteiger partial charge in [-0.05, 0) is 52.9 Å². The molecular weight excluding hydrogens is 454 g/mol. The second-order valence-electron chi connectivity index (χ2n) is 9.52. The molecule has 206 valence electrons. The summed E-state index contributed by atoms with van der Waals surface area (Å²) in [6, 6.07) is 0. The summed E-state index contributed by atoms with van der Waals surface area (Å²) in [5.74, 6) is -1.66. The average molecular weight is 504 g/mol. The van der Waals surface area contributed by atoms with Crippen LogP contribution in [0.3, 0.4) is 0 Å². The number of carboxylic acids is 1. The van der Waals surface area contributed by atoms with Gasteiger partial charge in [0, 0.05) is 13.0 Å². The molecule has 0 aromatic heterocycles. The number of aliphatic carboxylic acids is 1. The zero-order valence-corrected chi connectivity index (χ0v) is 22.9. The molecular formula is C26H49NO8. The Morgan fingerprint density at radius 3 is 1.71 bits per heavy atom. The highest BCUT2D eigenvalue weighted by molar-refractivity contribution is 5.73. The van der Waals surface area contributed by atoms with Crippen LogP contribution in [0.2, 0.25) is 0 Å². The molecule has 1 amide bonds. The fraction of sp³-hybridized carbons (Fsp3) is 0.846. The number of esters is 2. The summed E-state index contributed by atoms with van der Waals surface area (Å²) in [7, 11) is 0. The van der Waals surface area contributed by atoms with Crippen molar-refractivity contribution in [3.8, 4) is 0 Å². The lowest BCUT2D eigenvalue weighted by molar-refractivity contribution is -0.170. The van der Waals surface area contributed by atoms with E-state index in [0.29, 0.717) is 13.0 Å². The van der Waals surface area contributed by atoms with E-state index in [9.17, 15) is 19.2 Å². The number of alkyl carbamates (subject to hydrolysis) is 1. The Hall–Kier alpha value is -2.32. The second-order valence-corrected chi connectivity index (χ2v) is 9.52. The van der Waals surface area contributed by atoms with E-state index < -0.39 is 23.6 Å². The molecule has 0 saturated carbocycles. The molecule has 0 radical (unpaired) electrons. The van der Waals surface area contributed by atoms with Crippen molar-refractivity contribution in [3.63, 3.8) is 0 Å². The van der Waals surface area contributed by atoms with Gasteiger partial charge in [-0.15, -0.1) is 0 Å². The maximum absolute atomic E-state index is 11.9. The predicted octanol–water partition coefficient (Wildman–Crippen LogP) is 5.84. The molecule has 0 aliphatic heterocycles. The quantitative estimate of drug-likeness (QED) is 0.153. The monoisotopic (exact) mass is 503 g/mol. The molecule has 0 aromatic rings. The van der Waals surface area contributed by atoms with Gasteiger partial charge in [0.2, 0.25) is 6.79 Å². The number of carbonyl (C=O) groups is 4. The van der Waals surface area contributed by atoms with Gasteiger partial charge in [0.05, 0.1) is 11.8 Å². The Morgan fingerprint density at radius 1 is 0.800 bits per heavy atom. The third-order valence-electron chi connectivity index (χ3n) is 4.88. The van der Waals surface area contributed by atoms with Crippen LogP contribution in [0.5, 0.6) is 0 Å². The summed E-state index contributed by atoms with van der Waals surface area (Å²) in [6.07, 6.45) is 6.97. The number of amides is 1. The van der Waals surface area contributed by atoms with Crippen LogP contribution in [-0.4, -0.2) is 48.0 Å². The maximum atomic E-state index is 11.9. The Labute approximate surface area is 211 Å². The van der Waals surface area contributed by atoms with E-state index >= 15 is 0 Å². The molecule has 0 unspecified atom stereocenters. The lowest BCUT2D eigenvalue weighted by Crippen LogP contribution is -2.33. The molecule has 0 aliphatic carbocycles. The molecule has 0 heterocycles. The van der Waals surface area contributed by atoms with Crippen molar-refractivity contribution in [2.75, 3.05) is 13.3 Å². The summed E-state index contributed by atoms with van der Waals surface area (Å²) < 4.78 is 15.0. The standard InChI is InChI=1S/C18H33NO6.C8H16O2/c1-6-9-14(10-7-2)16(21)24-13-23-15(20)11-8-12-19-17(22)25-18(3,4)5;1-3-5-7(6-4-2)8(9)10/h14H,6-13H2,1-5H3,(H,19,22);7H,3-6H2,1-2H3,(H,9,10). The molecule has 0 atom stereocenters. The van der Waals surface area contributed by atoms with Crippen LogP contribution in [0.15, 0.2) is 0 Å². The Bertz CT molecular complexity index is 589. The molecule has 0 bridgehead atoms. The number of rotatable bonds is 16. The molecule has 0 aliphatic rings. The molecule has 9 nitrogen and oxygen atoms in total. The first kappa shape index (κ1) is 34.8. The first-order valence-electron chi connectivity index (χ1n) is 12.9. The Balaban J connectivity index is 0. The summed E-state index contributed by atoms with van der Waals surface area (Å²) >= 11 is 0. The van der Waals surface area contributed by atoms with E-state index in [4.69, 9.17) is 19.3 Å². The van der Waals surface area contributed by atoms with E-state index in [1.807, 2.05) is 27.7 Å². The van der Waals surface area contributed by atoms with Gasteiger partial charge in [0.1, 0.15) is 5.60 Å². The number of carbonyl (C=O) groups excluding carboxylic acids is 3. The van der Waals surface area contributed by atoms with Crippen LogP contribution in [0.4, 0.5) is 4.79 Å². The molecule has 35 heavy (non-hydrogen) atoms. The fourth-order valence-electron chi connectivity index (χ4n) is 3.25. The van der Waals surface area contributed by atoms with Crippen molar-refractivity contribution in [1.29, 1.82) is 0 Å². The van der Waals surface area contributed by atoms with E-state index in [0.717, 1.165) is 51.4 Å². The van der Waals surface area contributed by atoms with E-state index in [2.05, 4.69) is 5.32 Å². The molecule has 9 heteroatoms. The van der Waals surface area contributed by atoms with Gasteiger partial charge in [-0.25, -0.2) is 4.79 Å². The van der Waals surface area contributed by atoms with Crippen molar-refractivity contribution >= 4 is 24.0 Å². The van der Waals surface area contributed by atoms with Crippen LogP contribution >= 0.6 is 0 Å². The molecule has 0 spiro atoms. The number of carboxylic acid groups (broad SMARTS) is 1. The molecule has 2 N–H and O–H groups in total. The molecule has 0 fully saturated rings. The third kappa shape index (κ3) is 21.9. The summed E-state index contributed by atoms with van der Waals surface area (Å²) in [5.41, 5.74) is -0.555. The average Bonchev–Trinajstić information content (AvgIpc) is 2.75. The predicted molar refractivity (Wildman–Crippen MR) is 135 cm³/mol. The highest BCUT2D eigenvalue weighted by Gasteiger charge is 2.19. The largest absolute Gasteiger partial charge is 0.481 e. The Kier molecular flexibility index (Phi) is 20.9. The van der Waals surface area contributed by atoms with Gasteiger partial charge < -0.3 is 24.6 Å². The van der Waals surface area contributed by atoms with Crippen LogP contribution < -0.4 is 5.32 Å². The minimum Gasteiger partial charge on any atom is -0.481 e. The van der Waals surface area contributed by atoms with Gasteiger partial charge in [0.25, 0.3) is 0 Å². The van der Waals surface area contributed by atoms with Gasteiger partial charge >= 0.3 is 24.0 Å². The highest BCUT2D eigenvalue weighted by atomic mass is 16.7. The highest BCUT2D eigenvalue weighted by Crippen LogP contribution is 2.15. The number of hydrogen-bond donors (Lipinski definition) is 2. The first-order valence-corrected chi connectivity index (χ1v) is 12.9. The van der Waals surface area contributed by atoms with Crippen LogP contribution in [-0.2, 0) is 28.6 Å². The van der Waals surface area contributed by atoms with Gasteiger partial charge in [0.15, 0.2) is 0 Å². The van der Waals surface area contributed by atoms with Crippen molar-refractivity contribution < 1.29 is 38.5 Å². The second kappa shape index (κ2) is 21.0. The van der Waals surface area contributed by atoms with Crippen molar-refractivity contribution in [2.45, 2.75) is 118 Å².